The number of hydrogen-bond acceptors (Lipinski definition) is 3. The van der Waals surface area contributed by atoms with Gasteiger partial charge < -0.3 is 4.74 Å². The van der Waals surface area contributed by atoms with Crippen LogP contribution in [0.25, 0.3) is 10.9 Å². The van der Waals surface area contributed by atoms with E-state index in [2.05, 4.69) is 6.92 Å². The van der Waals surface area contributed by atoms with Crippen molar-refractivity contribution >= 4 is 22.8 Å². The Labute approximate surface area is 105 Å². The first-order valence-electron chi connectivity index (χ1n) is 5.86. The molecule has 2 aromatic rings. The van der Waals surface area contributed by atoms with Crippen molar-refractivity contribution in [1.82, 2.24) is 4.57 Å². The zero-order valence-corrected chi connectivity index (χ0v) is 10.7. The molecule has 0 aliphatic carbocycles. The molecule has 18 heavy (non-hydrogen) atoms. The van der Waals surface area contributed by atoms with Gasteiger partial charge in [0.25, 0.3) is 0 Å². The van der Waals surface area contributed by atoms with Crippen LogP contribution in [0.2, 0.25) is 0 Å². The summed E-state index contributed by atoms with van der Waals surface area (Å²) in [5.41, 5.74) is 1.91. The molecule has 4 nitrogen and oxygen atoms in total. The van der Waals surface area contributed by atoms with Gasteiger partial charge in [-0.3, -0.25) is 14.2 Å². The molecule has 0 radical (unpaired) electrons. The number of carbonyl (C=O) groups is 2. The average molecular weight is 245 g/mol. The van der Waals surface area contributed by atoms with Gasteiger partial charge in [-0.05, 0) is 24.1 Å². The van der Waals surface area contributed by atoms with Gasteiger partial charge in [-0.2, -0.15) is 0 Å². The predicted octanol–water partition coefficient (Wildman–Crippen LogP) is 2.79. The fourth-order valence-electron chi connectivity index (χ4n) is 1.96. The molecule has 0 bridgehead atoms. The quantitative estimate of drug-likeness (QED) is 0.764. The summed E-state index contributed by atoms with van der Waals surface area (Å²) in [4.78, 5) is 22.6. The van der Waals surface area contributed by atoms with Gasteiger partial charge in [0.1, 0.15) is 0 Å². The fraction of sp³-hybridized carbons (Fsp3) is 0.286. The number of aromatic nitrogens is 1. The number of rotatable bonds is 2. The predicted molar refractivity (Wildman–Crippen MR) is 68.9 cm³/mol. The summed E-state index contributed by atoms with van der Waals surface area (Å²) in [6, 6.07) is 5.80. The van der Waals surface area contributed by atoms with Crippen molar-refractivity contribution in [1.29, 1.82) is 0 Å². The van der Waals surface area contributed by atoms with Gasteiger partial charge in [0.05, 0.1) is 11.7 Å². The number of aryl methyl sites for hydroxylation is 1. The fourth-order valence-corrected chi connectivity index (χ4v) is 1.96. The van der Waals surface area contributed by atoms with Crippen LogP contribution in [0.4, 0.5) is 0 Å². The van der Waals surface area contributed by atoms with Gasteiger partial charge in [0.15, 0.2) is 5.75 Å². The van der Waals surface area contributed by atoms with Crippen molar-refractivity contribution in [2.75, 3.05) is 0 Å². The van der Waals surface area contributed by atoms with E-state index >= 15 is 0 Å². The summed E-state index contributed by atoms with van der Waals surface area (Å²) in [6.45, 7) is 4.88. The Bertz CT molecular complexity index is 625. The second kappa shape index (κ2) is 4.64. The zero-order valence-electron chi connectivity index (χ0n) is 10.7. The van der Waals surface area contributed by atoms with Crippen LogP contribution in [0.3, 0.4) is 0 Å². The lowest BCUT2D eigenvalue weighted by molar-refractivity contribution is -0.131. The molecule has 0 saturated heterocycles. The number of carbonyl (C=O) groups excluding carboxylic acids is 2. The van der Waals surface area contributed by atoms with Crippen molar-refractivity contribution in [3.63, 3.8) is 0 Å². The highest BCUT2D eigenvalue weighted by atomic mass is 16.5. The monoisotopic (exact) mass is 245 g/mol. The lowest BCUT2D eigenvalue weighted by Crippen LogP contribution is -2.04. The highest BCUT2D eigenvalue weighted by molar-refractivity contribution is 5.96. The Morgan fingerprint density at radius 1 is 1.28 bits per heavy atom. The molecule has 0 spiro atoms. The van der Waals surface area contributed by atoms with Gasteiger partial charge >= 0.3 is 5.97 Å². The largest absolute Gasteiger partial charge is 0.424 e. The molecule has 4 heteroatoms. The highest BCUT2D eigenvalue weighted by Gasteiger charge is 2.13. The van der Waals surface area contributed by atoms with Crippen LogP contribution in [0, 0.1) is 0 Å². The van der Waals surface area contributed by atoms with Crippen molar-refractivity contribution in [2.24, 2.45) is 0 Å². The minimum absolute atomic E-state index is 0.105. The normalized spacial score (nSPS) is 10.6. The van der Waals surface area contributed by atoms with Gasteiger partial charge in [-0.15, -0.1) is 0 Å². The van der Waals surface area contributed by atoms with Crippen molar-refractivity contribution < 1.29 is 14.3 Å². The average Bonchev–Trinajstić information content (AvgIpc) is 2.66. The number of benzene rings is 1. The molecule has 0 amide bonds. The van der Waals surface area contributed by atoms with E-state index in [9.17, 15) is 9.59 Å². The topological polar surface area (TPSA) is 48.3 Å². The molecule has 1 aromatic carbocycles. The number of ether oxygens (including phenoxy) is 1. The number of hydrogen-bond donors (Lipinski definition) is 0. The number of fused-ring (bicyclic) bond motifs is 1. The van der Waals surface area contributed by atoms with Crippen molar-refractivity contribution in [2.45, 2.75) is 27.2 Å². The first kappa shape index (κ1) is 12.4. The van der Waals surface area contributed by atoms with E-state index in [1.807, 2.05) is 18.2 Å². The first-order valence-corrected chi connectivity index (χ1v) is 5.86. The van der Waals surface area contributed by atoms with Gasteiger partial charge in [0, 0.05) is 19.2 Å². The van der Waals surface area contributed by atoms with Crippen molar-refractivity contribution in [3.8, 4) is 5.75 Å². The lowest BCUT2D eigenvalue weighted by Gasteiger charge is -2.01. The Kier molecular flexibility index (Phi) is 3.19. The second-order valence-electron chi connectivity index (χ2n) is 4.18. The molecule has 0 aliphatic rings. The maximum Gasteiger partial charge on any atom is 0.308 e. The molecular weight excluding hydrogens is 230 g/mol. The van der Waals surface area contributed by atoms with E-state index in [-0.39, 0.29) is 5.91 Å². The molecule has 0 aliphatic heterocycles. The van der Waals surface area contributed by atoms with Gasteiger partial charge in [-0.1, -0.05) is 13.0 Å². The van der Waals surface area contributed by atoms with Crippen LogP contribution in [0.15, 0.2) is 24.4 Å². The summed E-state index contributed by atoms with van der Waals surface area (Å²) in [6.07, 6.45) is 2.45. The lowest BCUT2D eigenvalue weighted by atomic mass is 10.1. The number of nitrogens with zero attached hydrogens (tertiary/aromatic N) is 1. The van der Waals surface area contributed by atoms with Crippen molar-refractivity contribution in [3.05, 3.63) is 30.0 Å². The Balaban J connectivity index is 2.67. The minimum Gasteiger partial charge on any atom is -0.424 e. The van der Waals surface area contributed by atoms with E-state index in [4.69, 9.17) is 4.74 Å². The third-order valence-corrected chi connectivity index (χ3v) is 2.83. The van der Waals surface area contributed by atoms with Gasteiger partial charge in [-0.25, -0.2) is 0 Å². The molecule has 0 saturated carbocycles. The maximum atomic E-state index is 11.6. The van der Waals surface area contributed by atoms with E-state index < -0.39 is 5.97 Å². The summed E-state index contributed by atoms with van der Waals surface area (Å²) in [5.74, 6) is -0.0702. The van der Waals surface area contributed by atoms with Crippen LogP contribution in [-0.4, -0.2) is 16.4 Å². The Hall–Kier alpha value is -2.10. The molecule has 0 unspecified atom stereocenters. The van der Waals surface area contributed by atoms with Gasteiger partial charge in [0.2, 0.25) is 5.91 Å². The Morgan fingerprint density at radius 3 is 2.56 bits per heavy atom. The van der Waals surface area contributed by atoms with E-state index in [0.717, 1.165) is 22.9 Å². The molecule has 0 atom stereocenters. The summed E-state index contributed by atoms with van der Waals surface area (Å²) >= 11 is 0. The molecule has 0 fully saturated rings. The summed E-state index contributed by atoms with van der Waals surface area (Å²) in [7, 11) is 0. The minimum atomic E-state index is -0.392. The molecule has 94 valence electrons. The van der Waals surface area contributed by atoms with Crippen LogP contribution >= 0.6 is 0 Å². The maximum absolute atomic E-state index is 11.6. The second-order valence-corrected chi connectivity index (χ2v) is 4.18. The highest BCUT2D eigenvalue weighted by Crippen LogP contribution is 2.29. The third kappa shape index (κ3) is 2.14. The smallest absolute Gasteiger partial charge is 0.308 e. The molecule has 1 aromatic heterocycles. The summed E-state index contributed by atoms with van der Waals surface area (Å²) in [5, 5.41) is 0.776. The molecule has 0 N–H and O–H groups in total. The molecule has 2 rings (SSSR count). The zero-order chi connectivity index (χ0) is 13.3. The molecule has 1 heterocycles. The Morgan fingerprint density at radius 2 is 2.00 bits per heavy atom. The SMILES string of the molecule is CCc1ccc2c(OC(C)=O)cn(C(C)=O)c2c1. The van der Waals surface area contributed by atoms with Crippen LogP contribution in [0.1, 0.15) is 31.1 Å². The van der Waals surface area contributed by atoms with E-state index in [1.54, 1.807) is 6.20 Å². The summed E-state index contributed by atoms with van der Waals surface area (Å²) < 4.78 is 6.63. The molecular formula is C14H15NO3. The van der Waals surface area contributed by atoms with Crippen LogP contribution < -0.4 is 4.74 Å². The van der Waals surface area contributed by atoms with E-state index in [0.29, 0.717) is 5.75 Å². The number of esters is 1. The first-order chi connectivity index (χ1) is 8.52. The third-order valence-electron chi connectivity index (χ3n) is 2.83. The van der Waals surface area contributed by atoms with Crippen LogP contribution in [0.5, 0.6) is 5.75 Å². The standard InChI is InChI=1S/C14H15NO3/c1-4-11-5-6-12-13(7-11)15(9(2)16)8-14(12)18-10(3)17/h5-8H,4H2,1-3H3. The van der Waals surface area contributed by atoms with Crippen LogP contribution in [-0.2, 0) is 11.2 Å². The van der Waals surface area contributed by atoms with E-state index in [1.165, 1.54) is 18.4 Å².